The smallest absolute Gasteiger partial charge is 0.337 e. The lowest BCUT2D eigenvalue weighted by atomic mass is 10.1. The Morgan fingerprint density at radius 1 is 1.44 bits per heavy atom. The molecule has 0 saturated heterocycles. The summed E-state index contributed by atoms with van der Waals surface area (Å²) < 4.78 is 27.4. The lowest BCUT2D eigenvalue weighted by Crippen LogP contribution is -2.04. The van der Waals surface area contributed by atoms with Crippen LogP contribution in [0.15, 0.2) is 22.7 Å². The fraction of sp³-hybridized carbons (Fsp3) is 0.300. The molecule has 0 radical (unpaired) electrons. The molecule has 16 heavy (non-hydrogen) atoms. The van der Waals surface area contributed by atoms with Gasteiger partial charge < -0.3 is 4.74 Å². The van der Waals surface area contributed by atoms with Crippen molar-refractivity contribution in [3.63, 3.8) is 0 Å². The molecule has 0 bridgehead atoms. The molecule has 4 nitrogen and oxygen atoms in total. The van der Waals surface area contributed by atoms with E-state index in [1.54, 1.807) is 12.1 Å². The molecule has 0 aliphatic carbocycles. The molecule has 1 aromatic carbocycles. The fourth-order valence-corrected chi connectivity index (χ4v) is 2.71. The first-order valence-electron chi connectivity index (χ1n) is 4.38. The van der Waals surface area contributed by atoms with Gasteiger partial charge in [-0.05, 0) is 17.7 Å². The van der Waals surface area contributed by atoms with E-state index in [1.165, 1.54) is 13.2 Å². The van der Waals surface area contributed by atoms with Crippen LogP contribution in [0, 0.1) is 0 Å². The lowest BCUT2D eigenvalue weighted by molar-refractivity contribution is 0.0600. The highest BCUT2D eigenvalue weighted by atomic mass is 79.9. The van der Waals surface area contributed by atoms with Crippen molar-refractivity contribution in [2.45, 2.75) is 5.75 Å². The van der Waals surface area contributed by atoms with Gasteiger partial charge >= 0.3 is 5.97 Å². The predicted molar refractivity (Wildman–Crippen MR) is 64.0 cm³/mol. The Kier molecular flexibility index (Phi) is 4.09. The molecule has 0 aliphatic rings. The zero-order valence-corrected chi connectivity index (χ0v) is 11.3. The van der Waals surface area contributed by atoms with Crippen LogP contribution in [0.5, 0.6) is 0 Å². The summed E-state index contributed by atoms with van der Waals surface area (Å²) in [5, 5.41) is 0. The molecule has 0 saturated carbocycles. The van der Waals surface area contributed by atoms with E-state index in [2.05, 4.69) is 20.7 Å². The quantitative estimate of drug-likeness (QED) is 0.799. The standard InChI is InChI=1S/C10H11BrO4S/c1-15-10(12)7-3-4-8(9(11)5-7)6-16(2,13)14/h3-5H,6H2,1-2H3. The topological polar surface area (TPSA) is 60.4 Å². The summed E-state index contributed by atoms with van der Waals surface area (Å²) >= 11 is 3.23. The highest BCUT2D eigenvalue weighted by molar-refractivity contribution is 9.10. The third kappa shape index (κ3) is 3.61. The van der Waals surface area contributed by atoms with E-state index < -0.39 is 15.8 Å². The molecule has 0 unspecified atom stereocenters. The van der Waals surface area contributed by atoms with Gasteiger partial charge in [0.15, 0.2) is 9.84 Å². The summed E-state index contributed by atoms with van der Waals surface area (Å²) in [4.78, 5) is 11.2. The second-order valence-corrected chi connectivity index (χ2v) is 6.36. The minimum atomic E-state index is -3.08. The molecule has 6 heteroatoms. The minimum absolute atomic E-state index is 0.0605. The third-order valence-corrected chi connectivity index (χ3v) is 3.47. The Morgan fingerprint density at radius 2 is 2.06 bits per heavy atom. The number of carbonyl (C=O) groups excluding carboxylic acids is 1. The van der Waals surface area contributed by atoms with Crippen LogP contribution < -0.4 is 0 Å². The molecular weight excluding hydrogens is 296 g/mol. The number of esters is 1. The van der Waals surface area contributed by atoms with Gasteiger partial charge in [-0.3, -0.25) is 0 Å². The largest absolute Gasteiger partial charge is 0.465 e. The molecule has 0 fully saturated rings. The van der Waals surface area contributed by atoms with Crippen LogP contribution in [0.1, 0.15) is 15.9 Å². The minimum Gasteiger partial charge on any atom is -0.465 e. The Bertz CT molecular complexity index is 508. The zero-order chi connectivity index (χ0) is 12.3. The molecule has 0 aliphatic heterocycles. The maximum absolute atomic E-state index is 11.2. The molecule has 0 amide bonds. The number of ether oxygens (including phenoxy) is 1. The van der Waals surface area contributed by atoms with Gasteiger partial charge in [0.05, 0.1) is 18.4 Å². The normalized spacial score (nSPS) is 11.2. The number of hydrogen-bond acceptors (Lipinski definition) is 4. The van der Waals surface area contributed by atoms with E-state index in [0.717, 1.165) is 6.26 Å². The van der Waals surface area contributed by atoms with Crippen molar-refractivity contribution in [3.05, 3.63) is 33.8 Å². The first-order valence-corrected chi connectivity index (χ1v) is 7.23. The van der Waals surface area contributed by atoms with Crippen molar-refractivity contribution in [3.8, 4) is 0 Å². The van der Waals surface area contributed by atoms with Gasteiger partial charge in [-0.25, -0.2) is 13.2 Å². The monoisotopic (exact) mass is 306 g/mol. The maximum atomic E-state index is 11.2. The Morgan fingerprint density at radius 3 is 2.50 bits per heavy atom. The number of hydrogen-bond donors (Lipinski definition) is 0. The summed E-state index contributed by atoms with van der Waals surface area (Å²) in [5.41, 5.74) is 1.00. The highest BCUT2D eigenvalue weighted by Gasteiger charge is 2.11. The zero-order valence-electron chi connectivity index (χ0n) is 8.86. The van der Waals surface area contributed by atoms with Crippen molar-refractivity contribution in [2.24, 2.45) is 0 Å². The number of benzene rings is 1. The average Bonchev–Trinajstić information content (AvgIpc) is 2.18. The van der Waals surface area contributed by atoms with Gasteiger partial charge in [-0.1, -0.05) is 22.0 Å². The number of sulfone groups is 1. The van der Waals surface area contributed by atoms with E-state index in [9.17, 15) is 13.2 Å². The Labute approximate surface area is 103 Å². The predicted octanol–water partition coefficient (Wildman–Crippen LogP) is 1.78. The van der Waals surface area contributed by atoms with Gasteiger partial charge in [0.1, 0.15) is 0 Å². The van der Waals surface area contributed by atoms with Crippen LogP contribution in [0.3, 0.4) is 0 Å². The SMILES string of the molecule is COC(=O)c1ccc(CS(C)(=O)=O)c(Br)c1. The summed E-state index contributed by atoms with van der Waals surface area (Å²) in [6, 6.07) is 4.68. The van der Waals surface area contributed by atoms with Crippen LogP contribution >= 0.6 is 15.9 Å². The van der Waals surface area contributed by atoms with Gasteiger partial charge in [0.2, 0.25) is 0 Å². The van der Waals surface area contributed by atoms with Gasteiger partial charge in [-0.15, -0.1) is 0 Å². The summed E-state index contributed by atoms with van der Waals surface area (Å²) in [7, 11) is -1.79. The highest BCUT2D eigenvalue weighted by Crippen LogP contribution is 2.21. The fourth-order valence-electron chi connectivity index (χ4n) is 1.19. The summed E-state index contributed by atoms with van der Waals surface area (Å²) in [6.45, 7) is 0. The second-order valence-electron chi connectivity index (χ2n) is 3.37. The van der Waals surface area contributed by atoms with Crippen LogP contribution in [-0.2, 0) is 20.3 Å². The molecule has 1 aromatic rings. The van der Waals surface area contributed by atoms with E-state index in [-0.39, 0.29) is 5.75 Å². The van der Waals surface area contributed by atoms with Crippen molar-refractivity contribution in [1.82, 2.24) is 0 Å². The third-order valence-electron chi connectivity index (χ3n) is 1.89. The van der Waals surface area contributed by atoms with Gasteiger partial charge in [0, 0.05) is 10.7 Å². The lowest BCUT2D eigenvalue weighted by Gasteiger charge is -2.05. The van der Waals surface area contributed by atoms with Crippen LogP contribution in [0.2, 0.25) is 0 Å². The van der Waals surface area contributed by atoms with E-state index in [0.29, 0.717) is 15.6 Å². The molecule has 0 heterocycles. The number of carbonyl (C=O) groups is 1. The summed E-state index contributed by atoms with van der Waals surface area (Å²) in [6.07, 6.45) is 1.16. The van der Waals surface area contributed by atoms with E-state index in [1.807, 2.05) is 0 Å². The van der Waals surface area contributed by atoms with Crippen LogP contribution in [0.25, 0.3) is 0 Å². The number of methoxy groups -OCH3 is 1. The molecule has 0 aromatic heterocycles. The molecule has 0 spiro atoms. The average molecular weight is 307 g/mol. The van der Waals surface area contributed by atoms with E-state index in [4.69, 9.17) is 0 Å². The second kappa shape index (κ2) is 4.97. The maximum Gasteiger partial charge on any atom is 0.337 e. The Balaban J connectivity index is 3.05. The van der Waals surface area contributed by atoms with Crippen molar-refractivity contribution >= 4 is 31.7 Å². The van der Waals surface area contributed by atoms with Gasteiger partial charge in [0.25, 0.3) is 0 Å². The van der Waals surface area contributed by atoms with Crippen LogP contribution in [0.4, 0.5) is 0 Å². The molecule has 1 rings (SSSR count). The van der Waals surface area contributed by atoms with Crippen molar-refractivity contribution < 1.29 is 17.9 Å². The number of halogens is 1. The van der Waals surface area contributed by atoms with Crippen LogP contribution in [-0.4, -0.2) is 27.8 Å². The molecule has 88 valence electrons. The first kappa shape index (κ1) is 13.2. The molecule has 0 atom stereocenters. The van der Waals surface area contributed by atoms with Crippen molar-refractivity contribution in [1.29, 1.82) is 0 Å². The van der Waals surface area contributed by atoms with Gasteiger partial charge in [-0.2, -0.15) is 0 Å². The first-order chi connectivity index (χ1) is 7.33. The number of rotatable bonds is 3. The van der Waals surface area contributed by atoms with E-state index >= 15 is 0 Å². The molecule has 0 N–H and O–H groups in total. The van der Waals surface area contributed by atoms with Crippen molar-refractivity contribution in [2.75, 3.05) is 13.4 Å². The summed E-state index contributed by atoms with van der Waals surface area (Å²) in [5.74, 6) is -0.513. The Hall–Kier alpha value is -0.880. The molecular formula is C10H11BrO4S.